The lowest BCUT2D eigenvalue weighted by Gasteiger charge is -1.99. The molecule has 1 unspecified atom stereocenters. The number of hydrogen-bond acceptors (Lipinski definition) is 2. The summed E-state index contributed by atoms with van der Waals surface area (Å²) in [7, 11) is -1.33. The Hall–Kier alpha value is -2.18. The first-order valence-electron chi connectivity index (χ1n) is 6.20. The van der Waals surface area contributed by atoms with Gasteiger partial charge in [0.15, 0.2) is 0 Å². The molecule has 0 spiro atoms. The summed E-state index contributed by atoms with van der Waals surface area (Å²) in [6.07, 6.45) is 0. The molecule has 1 atom stereocenters. The summed E-state index contributed by atoms with van der Waals surface area (Å²) < 4.78 is 12.0. The van der Waals surface area contributed by atoms with E-state index in [1.165, 1.54) is 0 Å². The predicted octanol–water partition coefficient (Wildman–Crippen LogP) is 2.72. The maximum absolute atomic E-state index is 12.0. The Labute approximate surface area is 121 Å². The number of carbonyl (C=O) groups excluding carboxylic acids is 1. The van der Waals surface area contributed by atoms with E-state index in [0.29, 0.717) is 4.90 Å². The van der Waals surface area contributed by atoms with Crippen molar-refractivity contribution in [2.75, 3.05) is 5.75 Å². The fourth-order valence-electron chi connectivity index (χ4n) is 1.59. The molecular formula is C17H14O2S. The molecule has 0 aliphatic carbocycles. The SMILES string of the molecule is Cc1ccc(S(=O)CC(=O)C#Cc2ccccc2)cc1. The second-order valence-corrected chi connectivity index (χ2v) is 5.79. The molecule has 3 heteroatoms. The van der Waals surface area contributed by atoms with Crippen LogP contribution < -0.4 is 0 Å². The van der Waals surface area contributed by atoms with E-state index < -0.39 is 10.8 Å². The number of hydrogen-bond donors (Lipinski definition) is 0. The van der Waals surface area contributed by atoms with Crippen molar-refractivity contribution in [2.45, 2.75) is 11.8 Å². The molecule has 0 saturated heterocycles. The fraction of sp³-hybridized carbons (Fsp3) is 0.118. The summed E-state index contributed by atoms with van der Waals surface area (Å²) in [6.45, 7) is 1.96. The quantitative estimate of drug-likeness (QED) is 0.811. The largest absolute Gasteiger partial charge is 0.284 e. The Bertz CT molecular complexity index is 676. The van der Waals surface area contributed by atoms with E-state index in [0.717, 1.165) is 11.1 Å². The lowest BCUT2D eigenvalue weighted by Crippen LogP contribution is -2.08. The lowest BCUT2D eigenvalue weighted by molar-refractivity contribution is -0.111. The van der Waals surface area contributed by atoms with E-state index >= 15 is 0 Å². The van der Waals surface area contributed by atoms with Crippen molar-refractivity contribution in [1.29, 1.82) is 0 Å². The molecule has 0 aromatic heterocycles. The van der Waals surface area contributed by atoms with Crippen LogP contribution in [0.3, 0.4) is 0 Å². The van der Waals surface area contributed by atoms with Crippen LogP contribution in [-0.4, -0.2) is 15.7 Å². The van der Waals surface area contributed by atoms with Crippen LogP contribution in [0.5, 0.6) is 0 Å². The predicted molar refractivity (Wildman–Crippen MR) is 80.8 cm³/mol. The Morgan fingerprint density at radius 3 is 2.35 bits per heavy atom. The van der Waals surface area contributed by atoms with Gasteiger partial charge in [0.1, 0.15) is 0 Å². The molecule has 2 nitrogen and oxygen atoms in total. The number of rotatable bonds is 3. The van der Waals surface area contributed by atoms with E-state index in [4.69, 9.17) is 0 Å². The summed E-state index contributed by atoms with van der Waals surface area (Å²) >= 11 is 0. The minimum atomic E-state index is -1.33. The topological polar surface area (TPSA) is 34.1 Å². The van der Waals surface area contributed by atoms with Crippen LogP contribution in [0.25, 0.3) is 0 Å². The van der Waals surface area contributed by atoms with Crippen molar-refractivity contribution in [3.05, 3.63) is 65.7 Å². The van der Waals surface area contributed by atoms with Crippen LogP contribution in [0.4, 0.5) is 0 Å². The van der Waals surface area contributed by atoms with Crippen molar-refractivity contribution in [2.24, 2.45) is 0 Å². The Balaban J connectivity index is 2.00. The Morgan fingerprint density at radius 2 is 1.70 bits per heavy atom. The molecule has 0 fully saturated rings. The lowest BCUT2D eigenvalue weighted by atomic mass is 10.2. The Kier molecular flexibility index (Phi) is 4.86. The van der Waals surface area contributed by atoms with Gasteiger partial charge in [-0.25, -0.2) is 0 Å². The minimum Gasteiger partial charge on any atom is -0.284 e. The summed E-state index contributed by atoms with van der Waals surface area (Å²) in [5.41, 5.74) is 1.88. The molecule has 100 valence electrons. The summed E-state index contributed by atoms with van der Waals surface area (Å²) in [5.74, 6) is 4.93. The molecule has 2 aromatic carbocycles. The van der Waals surface area contributed by atoms with Gasteiger partial charge in [-0.3, -0.25) is 9.00 Å². The van der Waals surface area contributed by atoms with Crippen LogP contribution in [0, 0.1) is 18.8 Å². The zero-order chi connectivity index (χ0) is 14.4. The molecule has 0 N–H and O–H groups in total. The van der Waals surface area contributed by atoms with Gasteiger partial charge in [-0.15, -0.1) is 0 Å². The maximum Gasteiger partial charge on any atom is 0.218 e. The highest BCUT2D eigenvalue weighted by atomic mass is 32.2. The zero-order valence-corrected chi connectivity index (χ0v) is 11.9. The van der Waals surface area contributed by atoms with Gasteiger partial charge >= 0.3 is 0 Å². The molecule has 0 saturated carbocycles. The summed E-state index contributed by atoms with van der Waals surface area (Å²) in [6, 6.07) is 16.6. The van der Waals surface area contributed by atoms with E-state index in [-0.39, 0.29) is 11.5 Å². The third kappa shape index (κ3) is 4.18. The maximum atomic E-state index is 12.0. The van der Waals surface area contributed by atoms with Gasteiger partial charge in [-0.1, -0.05) is 41.8 Å². The standard InChI is InChI=1S/C17H14O2S/c1-14-7-11-17(12-8-14)20(19)13-16(18)10-9-15-5-3-2-4-6-15/h2-8,11-12H,13H2,1H3. The molecule has 2 rings (SSSR count). The van der Waals surface area contributed by atoms with Crippen LogP contribution in [0.2, 0.25) is 0 Å². The van der Waals surface area contributed by atoms with Crippen molar-refractivity contribution >= 4 is 16.6 Å². The van der Waals surface area contributed by atoms with Crippen molar-refractivity contribution in [3.63, 3.8) is 0 Å². The fourth-order valence-corrected chi connectivity index (χ4v) is 2.51. The van der Waals surface area contributed by atoms with Crippen molar-refractivity contribution < 1.29 is 9.00 Å². The number of ketones is 1. The minimum absolute atomic E-state index is 0.0666. The highest BCUT2D eigenvalue weighted by Crippen LogP contribution is 2.08. The van der Waals surface area contributed by atoms with E-state index in [9.17, 15) is 9.00 Å². The van der Waals surface area contributed by atoms with Gasteiger partial charge in [-0.2, -0.15) is 0 Å². The molecular weight excluding hydrogens is 268 g/mol. The molecule has 0 radical (unpaired) electrons. The van der Waals surface area contributed by atoms with Gasteiger partial charge in [0.2, 0.25) is 5.78 Å². The molecule has 0 amide bonds. The normalized spacial score (nSPS) is 11.2. The van der Waals surface area contributed by atoms with Gasteiger partial charge in [0, 0.05) is 10.5 Å². The van der Waals surface area contributed by atoms with Crippen LogP contribution in [-0.2, 0) is 15.6 Å². The molecule has 0 aliphatic rings. The monoisotopic (exact) mass is 282 g/mol. The van der Waals surface area contributed by atoms with E-state index in [2.05, 4.69) is 11.8 Å². The third-order valence-electron chi connectivity index (χ3n) is 2.67. The molecule has 2 aromatic rings. The van der Waals surface area contributed by atoms with Gasteiger partial charge in [0.25, 0.3) is 0 Å². The second kappa shape index (κ2) is 6.83. The number of benzene rings is 2. The highest BCUT2D eigenvalue weighted by Gasteiger charge is 2.07. The van der Waals surface area contributed by atoms with Crippen LogP contribution in [0.15, 0.2) is 59.5 Å². The molecule has 20 heavy (non-hydrogen) atoms. The average molecular weight is 282 g/mol. The molecule has 0 heterocycles. The number of Topliss-reactive ketones (excluding diaryl/α,β-unsaturated/α-hetero) is 1. The van der Waals surface area contributed by atoms with E-state index in [1.807, 2.05) is 49.4 Å². The summed E-state index contributed by atoms with van der Waals surface area (Å²) in [4.78, 5) is 12.4. The zero-order valence-electron chi connectivity index (χ0n) is 11.1. The average Bonchev–Trinajstić information content (AvgIpc) is 2.47. The molecule has 0 bridgehead atoms. The van der Waals surface area contributed by atoms with Gasteiger partial charge in [0.05, 0.1) is 16.6 Å². The van der Waals surface area contributed by atoms with Crippen molar-refractivity contribution in [1.82, 2.24) is 0 Å². The van der Waals surface area contributed by atoms with Crippen LogP contribution >= 0.6 is 0 Å². The second-order valence-electron chi connectivity index (χ2n) is 4.34. The first kappa shape index (κ1) is 14.2. The van der Waals surface area contributed by atoms with Crippen molar-refractivity contribution in [3.8, 4) is 11.8 Å². The third-order valence-corrected chi connectivity index (χ3v) is 3.99. The summed E-state index contributed by atoms with van der Waals surface area (Å²) in [5, 5.41) is 0. The first-order valence-corrected chi connectivity index (χ1v) is 7.52. The number of carbonyl (C=O) groups is 1. The highest BCUT2D eigenvalue weighted by molar-refractivity contribution is 7.85. The number of aryl methyl sites for hydroxylation is 1. The van der Waals surface area contributed by atoms with Gasteiger partial charge in [-0.05, 0) is 37.1 Å². The van der Waals surface area contributed by atoms with Crippen LogP contribution in [0.1, 0.15) is 11.1 Å². The van der Waals surface area contributed by atoms with E-state index in [1.54, 1.807) is 12.1 Å². The Morgan fingerprint density at radius 1 is 1.05 bits per heavy atom. The smallest absolute Gasteiger partial charge is 0.218 e. The first-order chi connectivity index (χ1) is 9.65. The van der Waals surface area contributed by atoms with Gasteiger partial charge < -0.3 is 0 Å². The molecule has 0 aliphatic heterocycles.